The number of carbonyl (C=O) groups is 1. The third-order valence-corrected chi connectivity index (χ3v) is 4.58. The molecule has 0 aromatic carbocycles. The second kappa shape index (κ2) is 7.42. The molecule has 1 amide bonds. The molecule has 1 fully saturated rings. The summed E-state index contributed by atoms with van der Waals surface area (Å²) in [5, 5.41) is 14.5. The van der Waals surface area contributed by atoms with Crippen molar-refractivity contribution >= 4 is 5.91 Å². The van der Waals surface area contributed by atoms with Gasteiger partial charge in [0.15, 0.2) is 0 Å². The van der Waals surface area contributed by atoms with Gasteiger partial charge in [0, 0.05) is 26.2 Å². The Labute approximate surface area is 136 Å². The van der Waals surface area contributed by atoms with Gasteiger partial charge in [-0.1, -0.05) is 6.92 Å². The lowest BCUT2D eigenvalue weighted by molar-refractivity contribution is -0.134. The minimum absolute atomic E-state index is 0.166. The van der Waals surface area contributed by atoms with Crippen molar-refractivity contribution in [1.29, 1.82) is 0 Å². The molecule has 1 atom stereocenters. The molecular weight excluding hydrogens is 296 g/mol. The zero-order valence-corrected chi connectivity index (χ0v) is 13.8. The van der Waals surface area contributed by atoms with Crippen LogP contribution in [0.15, 0.2) is 6.07 Å². The molecule has 0 radical (unpaired) electrons. The molecule has 0 aliphatic carbocycles. The van der Waals surface area contributed by atoms with Crippen LogP contribution in [-0.2, 0) is 22.6 Å². The van der Waals surface area contributed by atoms with Gasteiger partial charge in [0.25, 0.3) is 0 Å². The minimum Gasteiger partial charge on any atom is -0.387 e. The molecule has 1 aromatic rings. The number of hydrogen-bond acceptors (Lipinski definition) is 5. The van der Waals surface area contributed by atoms with Crippen molar-refractivity contribution in [2.45, 2.75) is 39.0 Å². The molecule has 0 bridgehead atoms. The van der Waals surface area contributed by atoms with Crippen LogP contribution in [0.1, 0.15) is 37.3 Å². The van der Waals surface area contributed by atoms with Gasteiger partial charge in [-0.3, -0.25) is 14.4 Å². The molecule has 0 saturated carbocycles. The van der Waals surface area contributed by atoms with Crippen LogP contribution in [0, 0.1) is 0 Å². The van der Waals surface area contributed by atoms with Crippen LogP contribution in [0.4, 0.5) is 0 Å². The fourth-order valence-electron chi connectivity index (χ4n) is 3.12. The number of aryl methyl sites for hydroxylation is 1. The number of nitrogens with zero attached hydrogens (tertiary/aromatic N) is 4. The number of aliphatic hydroxyl groups is 1. The first kappa shape index (κ1) is 16.4. The molecule has 2 aliphatic heterocycles. The van der Waals surface area contributed by atoms with Gasteiger partial charge >= 0.3 is 0 Å². The second-order valence-corrected chi connectivity index (χ2v) is 6.27. The highest BCUT2D eigenvalue weighted by Crippen LogP contribution is 2.20. The van der Waals surface area contributed by atoms with Gasteiger partial charge in [-0.25, -0.2) is 0 Å². The average molecular weight is 322 g/mol. The quantitative estimate of drug-likeness (QED) is 0.868. The van der Waals surface area contributed by atoms with Crippen molar-refractivity contribution in [3.05, 3.63) is 17.5 Å². The summed E-state index contributed by atoms with van der Waals surface area (Å²) in [5.74, 6) is 0.166. The Morgan fingerprint density at radius 1 is 1.35 bits per heavy atom. The lowest BCUT2D eigenvalue weighted by Gasteiger charge is -2.29. The second-order valence-electron chi connectivity index (χ2n) is 6.27. The highest BCUT2D eigenvalue weighted by atomic mass is 16.5. The van der Waals surface area contributed by atoms with Gasteiger partial charge in [0.1, 0.15) is 0 Å². The molecule has 1 N–H and O–H groups in total. The van der Waals surface area contributed by atoms with Crippen LogP contribution in [0.2, 0.25) is 0 Å². The van der Waals surface area contributed by atoms with Crippen molar-refractivity contribution in [3.63, 3.8) is 0 Å². The van der Waals surface area contributed by atoms with E-state index in [-0.39, 0.29) is 5.91 Å². The number of morpholine rings is 1. The van der Waals surface area contributed by atoms with Gasteiger partial charge in [0.05, 0.1) is 43.8 Å². The number of hydrogen-bond donors (Lipinski definition) is 1. The molecule has 0 spiro atoms. The number of aliphatic hydroxyl groups excluding tert-OH is 1. The predicted octanol–water partition coefficient (Wildman–Crippen LogP) is 0.391. The van der Waals surface area contributed by atoms with Crippen molar-refractivity contribution in [3.8, 4) is 0 Å². The Hall–Kier alpha value is -1.44. The van der Waals surface area contributed by atoms with E-state index in [9.17, 15) is 9.90 Å². The van der Waals surface area contributed by atoms with E-state index in [4.69, 9.17) is 4.74 Å². The molecule has 1 saturated heterocycles. The van der Waals surface area contributed by atoms with E-state index in [2.05, 4.69) is 10.00 Å². The van der Waals surface area contributed by atoms with Crippen LogP contribution in [0.3, 0.4) is 0 Å². The topological polar surface area (TPSA) is 70.8 Å². The normalized spacial score (nSPS) is 20.9. The summed E-state index contributed by atoms with van der Waals surface area (Å²) in [6, 6.07) is 1.94. The Kier molecular flexibility index (Phi) is 5.30. The Morgan fingerprint density at radius 2 is 2.13 bits per heavy atom. The first-order chi connectivity index (χ1) is 11.2. The number of aromatic nitrogens is 2. The maximum absolute atomic E-state index is 12.6. The van der Waals surface area contributed by atoms with Crippen LogP contribution in [-0.4, -0.2) is 70.0 Å². The highest BCUT2D eigenvalue weighted by molar-refractivity contribution is 5.78. The number of amides is 1. The van der Waals surface area contributed by atoms with Crippen LogP contribution < -0.4 is 0 Å². The monoisotopic (exact) mass is 322 g/mol. The standard InChI is InChI=1S/C16H26N4O3/c1-2-15(21)14-10-13-11-19(4-3-5-20(13)17-14)16(22)12-18-6-8-23-9-7-18/h10,15,21H,2-9,11-12H2,1H3. The van der Waals surface area contributed by atoms with Gasteiger partial charge in [0.2, 0.25) is 5.91 Å². The molecule has 7 heteroatoms. The van der Waals surface area contributed by atoms with E-state index in [1.807, 2.05) is 22.6 Å². The van der Waals surface area contributed by atoms with E-state index >= 15 is 0 Å². The molecule has 3 heterocycles. The lowest BCUT2D eigenvalue weighted by atomic mass is 10.2. The smallest absolute Gasteiger partial charge is 0.237 e. The Morgan fingerprint density at radius 3 is 2.87 bits per heavy atom. The molecule has 1 unspecified atom stereocenters. The summed E-state index contributed by atoms with van der Waals surface area (Å²) >= 11 is 0. The predicted molar refractivity (Wildman–Crippen MR) is 84.8 cm³/mol. The maximum atomic E-state index is 12.6. The fourth-order valence-corrected chi connectivity index (χ4v) is 3.12. The SMILES string of the molecule is CCC(O)c1cc2n(n1)CCCN(C(=O)CN1CCOCC1)C2. The first-order valence-corrected chi connectivity index (χ1v) is 8.50. The lowest BCUT2D eigenvalue weighted by Crippen LogP contribution is -2.44. The number of carbonyl (C=O) groups excluding carboxylic acids is 1. The van der Waals surface area contributed by atoms with Crippen molar-refractivity contribution in [2.75, 3.05) is 39.4 Å². The van der Waals surface area contributed by atoms with Gasteiger partial charge in [-0.2, -0.15) is 5.10 Å². The highest BCUT2D eigenvalue weighted by Gasteiger charge is 2.24. The number of fused-ring (bicyclic) bond motifs is 1. The number of ether oxygens (including phenoxy) is 1. The molecule has 1 aromatic heterocycles. The van der Waals surface area contributed by atoms with Crippen LogP contribution >= 0.6 is 0 Å². The van der Waals surface area contributed by atoms with E-state index < -0.39 is 6.10 Å². The average Bonchev–Trinajstić information content (AvgIpc) is 2.86. The summed E-state index contributed by atoms with van der Waals surface area (Å²) in [7, 11) is 0. The van der Waals surface area contributed by atoms with E-state index in [0.29, 0.717) is 38.4 Å². The molecular formula is C16H26N4O3. The summed E-state index contributed by atoms with van der Waals surface area (Å²) in [5.41, 5.74) is 1.73. The zero-order valence-electron chi connectivity index (χ0n) is 13.8. The fraction of sp³-hybridized carbons (Fsp3) is 0.750. The number of rotatable bonds is 4. The third kappa shape index (κ3) is 3.91. The van der Waals surface area contributed by atoms with E-state index in [1.54, 1.807) is 0 Å². The summed E-state index contributed by atoms with van der Waals surface area (Å²) in [6.07, 6.45) is 1.02. The molecule has 23 heavy (non-hydrogen) atoms. The molecule has 2 aliphatic rings. The Bertz CT molecular complexity index is 539. The van der Waals surface area contributed by atoms with Gasteiger partial charge < -0.3 is 14.7 Å². The summed E-state index contributed by atoms with van der Waals surface area (Å²) in [4.78, 5) is 16.7. The van der Waals surface area contributed by atoms with Gasteiger partial charge in [-0.05, 0) is 18.9 Å². The summed E-state index contributed by atoms with van der Waals surface area (Å²) < 4.78 is 7.27. The maximum Gasteiger partial charge on any atom is 0.237 e. The zero-order chi connectivity index (χ0) is 16.2. The van der Waals surface area contributed by atoms with Crippen molar-refractivity contribution < 1.29 is 14.6 Å². The largest absolute Gasteiger partial charge is 0.387 e. The van der Waals surface area contributed by atoms with Crippen molar-refractivity contribution in [2.24, 2.45) is 0 Å². The molecule has 128 valence electrons. The molecule has 3 rings (SSSR count). The van der Waals surface area contributed by atoms with Gasteiger partial charge in [-0.15, -0.1) is 0 Å². The van der Waals surface area contributed by atoms with Crippen LogP contribution in [0.5, 0.6) is 0 Å². The van der Waals surface area contributed by atoms with Crippen molar-refractivity contribution in [1.82, 2.24) is 19.6 Å². The van der Waals surface area contributed by atoms with E-state index in [1.165, 1.54) is 0 Å². The van der Waals surface area contributed by atoms with E-state index in [0.717, 1.165) is 38.3 Å². The Balaban J connectivity index is 1.65. The third-order valence-electron chi connectivity index (χ3n) is 4.58. The minimum atomic E-state index is -0.521. The van der Waals surface area contributed by atoms with Crippen LogP contribution in [0.25, 0.3) is 0 Å². The first-order valence-electron chi connectivity index (χ1n) is 8.50. The molecule has 7 nitrogen and oxygen atoms in total. The summed E-state index contributed by atoms with van der Waals surface area (Å²) in [6.45, 7) is 7.60.